The summed E-state index contributed by atoms with van der Waals surface area (Å²) in [5, 5.41) is 0.727. The van der Waals surface area contributed by atoms with Crippen LogP contribution in [-0.4, -0.2) is 91.7 Å². The Bertz CT molecular complexity index is 1380. The van der Waals surface area contributed by atoms with Crippen LogP contribution in [0, 0.1) is 0 Å². The Balaban J connectivity index is 1.22. The molecule has 1 aromatic heterocycles. The molecular formula is C27H33N5O4S2. The number of thioether (sulfide) groups is 1. The number of morpholine rings is 1. The van der Waals surface area contributed by atoms with E-state index in [-0.39, 0.29) is 24.7 Å². The van der Waals surface area contributed by atoms with Crippen molar-refractivity contribution in [1.82, 2.24) is 19.2 Å². The van der Waals surface area contributed by atoms with E-state index in [0.717, 1.165) is 40.5 Å². The van der Waals surface area contributed by atoms with E-state index in [4.69, 9.17) is 14.7 Å². The van der Waals surface area contributed by atoms with Gasteiger partial charge < -0.3 is 14.5 Å². The van der Waals surface area contributed by atoms with Crippen molar-refractivity contribution in [3.05, 3.63) is 54.1 Å². The number of amides is 1. The minimum Gasteiger partial charge on any atom is -0.378 e. The number of nitrogens with zero attached hydrogens (tertiary/aromatic N) is 5. The predicted molar refractivity (Wildman–Crippen MR) is 149 cm³/mol. The fraction of sp³-hybridized carbons (Fsp3) is 0.444. The predicted octanol–water partition coefficient (Wildman–Crippen LogP) is 3.22. The SMILES string of the molecule is CC(C)c1ccc(S(=O)(=O)N2CCN(C(=O)CSc3nc4ccccc4nc3N3CCOCC3)CC2)cc1. The van der Waals surface area contributed by atoms with Crippen LogP contribution in [0.1, 0.15) is 25.3 Å². The van der Waals surface area contributed by atoms with E-state index in [1.165, 1.54) is 16.1 Å². The van der Waals surface area contributed by atoms with Gasteiger partial charge >= 0.3 is 0 Å². The van der Waals surface area contributed by atoms with Crippen LogP contribution in [-0.2, 0) is 19.6 Å². The van der Waals surface area contributed by atoms with E-state index in [2.05, 4.69) is 18.7 Å². The molecule has 0 saturated carbocycles. The molecule has 2 aliphatic rings. The number of rotatable bonds is 7. The molecule has 2 aliphatic heterocycles. The second-order valence-electron chi connectivity index (χ2n) is 9.74. The third-order valence-electron chi connectivity index (χ3n) is 6.94. The van der Waals surface area contributed by atoms with Gasteiger partial charge in [0.15, 0.2) is 5.82 Å². The summed E-state index contributed by atoms with van der Waals surface area (Å²) >= 11 is 1.38. The quantitative estimate of drug-likeness (QED) is 0.410. The third kappa shape index (κ3) is 5.80. The van der Waals surface area contributed by atoms with Gasteiger partial charge in [0, 0.05) is 39.3 Å². The highest BCUT2D eigenvalue weighted by Gasteiger charge is 2.30. The molecule has 0 unspecified atom stereocenters. The number of carbonyl (C=O) groups excluding carboxylic acids is 1. The van der Waals surface area contributed by atoms with Crippen molar-refractivity contribution in [3.63, 3.8) is 0 Å². The number of hydrogen-bond acceptors (Lipinski definition) is 8. The Morgan fingerprint density at radius 2 is 1.55 bits per heavy atom. The van der Waals surface area contributed by atoms with Gasteiger partial charge in [-0.15, -0.1) is 0 Å². The van der Waals surface area contributed by atoms with Gasteiger partial charge in [-0.3, -0.25) is 4.79 Å². The Kier molecular flexibility index (Phi) is 8.18. The van der Waals surface area contributed by atoms with Gasteiger partial charge in [-0.1, -0.05) is 49.9 Å². The summed E-state index contributed by atoms with van der Waals surface area (Å²) in [6, 6.07) is 14.8. The Labute approximate surface area is 228 Å². The molecule has 2 saturated heterocycles. The number of hydrogen-bond donors (Lipinski definition) is 0. The minimum absolute atomic E-state index is 0.0313. The number of para-hydroxylation sites is 2. The van der Waals surface area contributed by atoms with E-state index >= 15 is 0 Å². The zero-order chi connectivity index (χ0) is 26.7. The zero-order valence-electron chi connectivity index (χ0n) is 21.7. The summed E-state index contributed by atoms with van der Waals surface area (Å²) in [6.07, 6.45) is 0. The second kappa shape index (κ2) is 11.6. The van der Waals surface area contributed by atoms with Gasteiger partial charge in [0.1, 0.15) is 5.03 Å². The Morgan fingerprint density at radius 1 is 0.921 bits per heavy atom. The van der Waals surface area contributed by atoms with Crippen molar-refractivity contribution in [2.45, 2.75) is 29.7 Å². The molecule has 0 spiro atoms. The number of anilines is 1. The average Bonchev–Trinajstić information content (AvgIpc) is 2.96. The van der Waals surface area contributed by atoms with Crippen molar-refractivity contribution >= 4 is 44.5 Å². The van der Waals surface area contributed by atoms with Gasteiger partial charge in [0.25, 0.3) is 0 Å². The van der Waals surface area contributed by atoms with Crippen LogP contribution in [0.3, 0.4) is 0 Å². The lowest BCUT2D eigenvalue weighted by molar-refractivity contribution is -0.129. The number of sulfonamides is 1. The molecule has 11 heteroatoms. The van der Waals surface area contributed by atoms with Crippen LogP contribution in [0.5, 0.6) is 0 Å². The van der Waals surface area contributed by atoms with E-state index in [1.807, 2.05) is 36.4 Å². The van der Waals surface area contributed by atoms with Gasteiger partial charge in [0.2, 0.25) is 15.9 Å². The van der Waals surface area contributed by atoms with Crippen LogP contribution in [0.2, 0.25) is 0 Å². The second-order valence-corrected chi connectivity index (χ2v) is 12.6. The van der Waals surface area contributed by atoms with E-state index < -0.39 is 10.0 Å². The molecule has 3 aromatic rings. The standard InChI is InChI=1S/C27H33N5O4S2/c1-20(2)21-7-9-22(10-8-21)38(34,35)32-13-11-30(12-14-32)25(33)19-37-27-26(31-15-17-36-18-16-31)28-23-5-3-4-6-24(23)29-27/h3-10,20H,11-19H2,1-2H3. The van der Waals surface area contributed by atoms with Gasteiger partial charge in [-0.05, 0) is 35.7 Å². The van der Waals surface area contributed by atoms with Crippen molar-refractivity contribution in [3.8, 4) is 0 Å². The molecular weight excluding hydrogens is 522 g/mol. The first-order valence-corrected chi connectivity index (χ1v) is 15.4. The minimum atomic E-state index is -3.59. The first kappa shape index (κ1) is 26.9. The number of ether oxygens (including phenoxy) is 1. The molecule has 0 radical (unpaired) electrons. The molecule has 0 atom stereocenters. The molecule has 0 bridgehead atoms. The molecule has 2 aromatic carbocycles. The summed E-state index contributed by atoms with van der Waals surface area (Å²) in [7, 11) is -3.59. The summed E-state index contributed by atoms with van der Waals surface area (Å²) in [5.41, 5.74) is 2.71. The van der Waals surface area contributed by atoms with E-state index in [9.17, 15) is 13.2 Å². The Morgan fingerprint density at radius 3 is 2.18 bits per heavy atom. The number of aromatic nitrogens is 2. The highest BCUT2D eigenvalue weighted by atomic mass is 32.2. The molecule has 3 heterocycles. The lowest BCUT2D eigenvalue weighted by Crippen LogP contribution is -2.51. The molecule has 1 amide bonds. The molecule has 0 aliphatic carbocycles. The number of benzene rings is 2. The zero-order valence-corrected chi connectivity index (χ0v) is 23.4. The first-order chi connectivity index (χ1) is 18.3. The molecule has 0 N–H and O–H groups in total. The maximum absolute atomic E-state index is 13.1. The summed E-state index contributed by atoms with van der Waals surface area (Å²) in [4.78, 5) is 27.0. The highest BCUT2D eigenvalue weighted by molar-refractivity contribution is 8.00. The van der Waals surface area contributed by atoms with Gasteiger partial charge in [-0.25, -0.2) is 18.4 Å². The molecule has 5 rings (SSSR count). The number of carbonyl (C=O) groups is 1. The van der Waals surface area contributed by atoms with Crippen molar-refractivity contribution in [2.24, 2.45) is 0 Å². The van der Waals surface area contributed by atoms with E-state index in [1.54, 1.807) is 17.0 Å². The van der Waals surface area contributed by atoms with Gasteiger partial charge in [-0.2, -0.15) is 4.31 Å². The summed E-state index contributed by atoms with van der Waals surface area (Å²) < 4.78 is 33.2. The van der Waals surface area contributed by atoms with E-state index in [0.29, 0.717) is 37.1 Å². The highest BCUT2D eigenvalue weighted by Crippen LogP contribution is 2.30. The fourth-order valence-electron chi connectivity index (χ4n) is 4.63. The number of piperazine rings is 1. The van der Waals surface area contributed by atoms with Gasteiger partial charge in [0.05, 0.1) is 34.9 Å². The number of fused-ring (bicyclic) bond motifs is 1. The molecule has 38 heavy (non-hydrogen) atoms. The van der Waals surface area contributed by atoms with Crippen LogP contribution < -0.4 is 4.90 Å². The summed E-state index contributed by atoms with van der Waals surface area (Å²) in [5.74, 6) is 1.30. The molecule has 2 fully saturated rings. The lowest BCUT2D eigenvalue weighted by atomic mass is 10.0. The fourth-order valence-corrected chi connectivity index (χ4v) is 6.96. The van der Waals surface area contributed by atoms with Crippen molar-refractivity contribution in [1.29, 1.82) is 0 Å². The Hall–Kier alpha value is -2.73. The van der Waals surface area contributed by atoms with Crippen LogP contribution >= 0.6 is 11.8 Å². The maximum atomic E-state index is 13.1. The third-order valence-corrected chi connectivity index (χ3v) is 9.79. The normalized spacial score (nSPS) is 17.3. The maximum Gasteiger partial charge on any atom is 0.243 e. The smallest absolute Gasteiger partial charge is 0.243 e. The first-order valence-electron chi connectivity index (χ1n) is 12.9. The van der Waals surface area contributed by atoms with Crippen LogP contribution in [0.25, 0.3) is 11.0 Å². The topological polar surface area (TPSA) is 95.9 Å². The van der Waals surface area contributed by atoms with Crippen LogP contribution in [0.15, 0.2) is 58.5 Å². The largest absolute Gasteiger partial charge is 0.378 e. The summed E-state index contributed by atoms with van der Waals surface area (Å²) in [6.45, 7) is 8.15. The molecule has 9 nitrogen and oxygen atoms in total. The molecule has 202 valence electrons. The van der Waals surface area contributed by atoms with Crippen molar-refractivity contribution in [2.75, 3.05) is 63.1 Å². The van der Waals surface area contributed by atoms with Crippen molar-refractivity contribution < 1.29 is 17.9 Å². The van der Waals surface area contributed by atoms with Crippen LogP contribution in [0.4, 0.5) is 5.82 Å². The average molecular weight is 556 g/mol. The lowest BCUT2D eigenvalue weighted by Gasteiger charge is -2.34. The monoisotopic (exact) mass is 555 g/mol.